The van der Waals surface area contributed by atoms with Gasteiger partial charge in [-0.05, 0) is 31.7 Å². The zero-order valence-electron chi connectivity index (χ0n) is 17.0. The van der Waals surface area contributed by atoms with Crippen LogP contribution in [0.15, 0.2) is 17.1 Å². The lowest BCUT2D eigenvalue weighted by atomic mass is 9.82. The molecule has 4 rings (SSSR count). The number of halogens is 1. The molecule has 1 aromatic heterocycles. The highest BCUT2D eigenvalue weighted by Gasteiger charge is 2.43. The maximum atomic E-state index is 15.3. The first-order valence-electron chi connectivity index (χ1n) is 9.84. The Morgan fingerprint density at radius 3 is 2.72 bits per heavy atom. The number of carboxylic acids is 1. The van der Waals surface area contributed by atoms with Gasteiger partial charge in [0.05, 0.1) is 16.9 Å². The minimum absolute atomic E-state index is 0.0165. The lowest BCUT2D eigenvalue weighted by Crippen LogP contribution is -2.46. The van der Waals surface area contributed by atoms with E-state index in [0.29, 0.717) is 30.2 Å². The second-order valence-electron chi connectivity index (χ2n) is 8.91. The van der Waals surface area contributed by atoms with Gasteiger partial charge < -0.3 is 25.0 Å². The van der Waals surface area contributed by atoms with Crippen molar-refractivity contribution in [3.8, 4) is 5.75 Å². The van der Waals surface area contributed by atoms with Gasteiger partial charge in [0.1, 0.15) is 17.9 Å². The summed E-state index contributed by atoms with van der Waals surface area (Å²) < 4.78 is 22.9. The molecule has 0 saturated carbocycles. The zero-order valence-corrected chi connectivity index (χ0v) is 17.0. The van der Waals surface area contributed by atoms with E-state index in [9.17, 15) is 14.7 Å². The Balaban J connectivity index is 1.97. The summed E-state index contributed by atoms with van der Waals surface area (Å²) in [6.45, 7) is 9.33. The third-order valence-corrected chi connectivity index (χ3v) is 6.29. The average molecular weight is 403 g/mol. The summed E-state index contributed by atoms with van der Waals surface area (Å²) in [7, 11) is 0. The lowest BCUT2D eigenvalue weighted by molar-refractivity contribution is 0.0694. The number of benzene rings is 1. The van der Waals surface area contributed by atoms with Crippen molar-refractivity contribution in [3.63, 3.8) is 0 Å². The van der Waals surface area contributed by atoms with Crippen LogP contribution < -0.4 is 20.8 Å². The van der Waals surface area contributed by atoms with Gasteiger partial charge in [0.25, 0.3) is 0 Å². The number of hydrogen-bond donors (Lipinski definition) is 2. The number of pyridine rings is 1. The van der Waals surface area contributed by atoms with E-state index < -0.39 is 22.8 Å². The number of ether oxygens (including phenoxy) is 1. The normalized spacial score (nSPS) is 26.2. The van der Waals surface area contributed by atoms with Crippen molar-refractivity contribution < 1.29 is 19.0 Å². The van der Waals surface area contributed by atoms with E-state index >= 15 is 4.39 Å². The molecule has 0 amide bonds. The Hall–Kier alpha value is -2.61. The lowest BCUT2D eigenvalue weighted by Gasteiger charge is -2.31. The molecule has 1 saturated heterocycles. The van der Waals surface area contributed by atoms with Gasteiger partial charge >= 0.3 is 5.97 Å². The van der Waals surface area contributed by atoms with Crippen LogP contribution in [0.5, 0.6) is 5.75 Å². The quantitative estimate of drug-likeness (QED) is 0.818. The zero-order chi connectivity index (χ0) is 21.2. The Bertz CT molecular complexity index is 1080. The van der Waals surface area contributed by atoms with Gasteiger partial charge in [0, 0.05) is 24.8 Å². The van der Waals surface area contributed by atoms with Crippen molar-refractivity contribution in [2.75, 3.05) is 24.6 Å². The van der Waals surface area contributed by atoms with Crippen molar-refractivity contribution in [1.82, 2.24) is 4.57 Å². The van der Waals surface area contributed by atoms with E-state index in [4.69, 9.17) is 10.5 Å². The fourth-order valence-electron chi connectivity index (χ4n) is 4.84. The SMILES string of the molecule is CC(C)C1CN(c2c(F)cc3c(=O)c(C(=O)O)cn4c3c2OC[C@@H]4C)CC1(C)N. The molecule has 156 valence electrons. The maximum absolute atomic E-state index is 15.3. The summed E-state index contributed by atoms with van der Waals surface area (Å²) in [6, 6.07) is 0.945. The summed E-state index contributed by atoms with van der Waals surface area (Å²) in [6.07, 6.45) is 1.33. The first-order valence-corrected chi connectivity index (χ1v) is 9.84. The molecular weight excluding hydrogens is 377 g/mol. The van der Waals surface area contributed by atoms with E-state index in [-0.39, 0.29) is 35.3 Å². The maximum Gasteiger partial charge on any atom is 0.341 e. The number of aromatic nitrogens is 1. The summed E-state index contributed by atoms with van der Waals surface area (Å²) in [4.78, 5) is 26.1. The van der Waals surface area contributed by atoms with Crippen LogP contribution in [0, 0.1) is 17.7 Å². The number of nitrogens with zero attached hydrogens (tertiary/aromatic N) is 2. The minimum atomic E-state index is -1.33. The molecule has 0 aliphatic carbocycles. The number of aromatic carboxylic acids is 1. The van der Waals surface area contributed by atoms with Gasteiger partial charge in [-0.3, -0.25) is 4.79 Å². The molecule has 0 radical (unpaired) electrons. The van der Waals surface area contributed by atoms with Crippen LogP contribution in [0.1, 0.15) is 44.1 Å². The largest absolute Gasteiger partial charge is 0.487 e. The predicted molar refractivity (Wildman–Crippen MR) is 108 cm³/mol. The van der Waals surface area contributed by atoms with Gasteiger partial charge in [0.2, 0.25) is 5.43 Å². The molecule has 7 nitrogen and oxygen atoms in total. The summed E-state index contributed by atoms with van der Waals surface area (Å²) in [5, 5.41) is 9.41. The van der Waals surface area contributed by atoms with E-state index in [1.807, 2.05) is 18.7 Å². The third kappa shape index (κ3) is 2.88. The average Bonchev–Trinajstić information content (AvgIpc) is 2.94. The Morgan fingerprint density at radius 1 is 1.45 bits per heavy atom. The molecule has 2 aliphatic heterocycles. The number of anilines is 1. The van der Waals surface area contributed by atoms with Gasteiger partial charge in [-0.25, -0.2) is 9.18 Å². The summed E-state index contributed by atoms with van der Waals surface area (Å²) in [5.41, 5.74) is 5.67. The van der Waals surface area contributed by atoms with E-state index in [2.05, 4.69) is 13.8 Å². The molecule has 1 fully saturated rings. The van der Waals surface area contributed by atoms with Crippen molar-refractivity contribution in [2.45, 2.75) is 39.3 Å². The molecule has 2 unspecified atom stereocenters. The molecule has 29 heavy (non-hydrogen) atoms. The molecule has 3 N–H and O–H groups in total. The van der Waals surface area contributed by atoms with Gasteiger partial charge in [-0.2, -0.15) is 0 Å². The highest BCUT2D eigenvalue weighted by atomic mass is 19.1. The van der Waals surface area contributed by atoms with Crippen molar-refractivity contribution >= 4 is 22.6 Å². The van der Waals surface area contributed by atoms with Crippen LogP contribution in [0.3, 0.4) is 0 Å². The second kappa shape index (κ2) is 6.45. The van der Waals surface area contributed by atoms with Crippen molar-refractivity contribution in [3.05, 3.63) is 33.9 Å². The highest BCUT2D eigenvalue weighted by Crippen LogP contribution is 2.45. The topological polar surface area (TPSA) is 97.8 Å². The first-order chi connectivity index (χ1) is 13.5. The van der Waals surface area contributed by atoms with Gasteiger partial charge in [-0.15, -0.1) is 0 Å². The fraction of sp³-hybridized carbons (Fsp3) is 0.524. The van der Waals surface area contributed by atoms with Crippen LogP contribution >= 0.6 is 0 Å². The molecule has 3 atom stereocenters. The standard InChI is InChI=1S/C21H26FN3O4/c1-10(2)14-7-24(9-21(14,4)23)17-15(22)5-12-16-19(17)29-8-11(3)25(16)6-13(18(12)26)20(27)28/h5-6,10-11,14H,7-9,23H2,1-4H3,(H,27,28)/t11-,14?,21?/m0/s1. The van der Waals surface area contributed by atoms with E-state index in [0.717, 1.165) is 6.07 Å². The second-order valence-corrected chi connectivity index (χ2v) is 8.91. The predicted octanol–water partition coefficient (Wildman–Crippen LogP) is 2.60. The van der Waals surface area contributed by atoms with Crippen LogP contribution in [-0.4, -0.2) is 40.9 Å². The van der Waals surface area contributed by atoms with E-state index in [1.165, 1.54) is 6.20 Å². The molecule has 0 bridgehead atoms. The van der Waals surface area contributed by atoms with Crippen LogP contribution in [0.25, 0.3) is 10.9 Å². The molecule has 2 aromatic rings. The van der Waals surface area contributed by atoms with Gasteiger partial charge in [0.15, 0.2) is 11.6 Å². The van der Waals surface area contributed by atoms with Gasteiger partial charge in [-0.1, -0.05) is 13.8 Å². The van der Waals surface area contributed by atoms with Crippen LogP contribution in [0.4, 0.5) is 10.1 Å². The third-order valence-electron chi connectivity index (χ3n) is 6.29. The smallest absolute Gasteiger partial charge is 0.341 e. The summed E-state index contributed by atoms with van der Waals surface area (Å²) in [5.74, 6) is -1.15. The Morgan fingerprint density at radius 2 is 2.14 bits per heavy atom. The molecule has 0 spiro atoms. The summed E-state index contributed by atoms with van der Waals surface area (Å²) >= 11 is 0. The van der Waals surface area contributed by atoms with Crippen molar-refractivity contribution in [1.29, 1.82) is 0 Å². The Labute approximate surface area is 167 Å². The number of rotatable bonds is 3. The molecule has 8 heteroatoms. The van der Waals surface area contributed by atoms with E-state index in [1.54, 1.807) is 4.57 Å². The van der Waals surface area contributed by atoms with Crippen molar-refractivity contribution in [2.24, 2.45) is 17.6 Å². The highest BCUT2D eigenvalue weighted by molar-refractivity contribution is 5.97. The van der Waals surface area contributed by atoms with Crippen LogP contribution in [-0.2, 0) is 0 Å². The van der Waals surface area contributed by atoms with Crippen LogP contribution in [0.2, 0.25) is 0 Å². The number of hydrogen-bond acceptors (Lipinski definition) is 5. The molecule has 2 aliphatic rings. The molecule has 3 heterocycles. The molecular formula is C21H26FN3O4. The Kier molecular flexibility index (Phi) is 4.38. The first kappa shape index (κ1) is 19.7. The molecule has 1 aromatic carbocycles. The number of carbonyl (C=O) groups is 1. The fourth-order valence-corrected chi connectivity index (χ4v) is 4.84. The number of nitrogens with two attached hydrogens (primary N) is 1. The minimum Gasteiger partial charge on any atom is -0.487 e. The number of carboxylic acid groups (broad SMARTS) is 1. The monoisotopic (exact) mass is 403 g/mol.